The van der Waals surface area contributed by atoms with Gasteiger partial charge in [0, 0.05) is 35.2 Å². The summed E-state index contributed by atoms with van der Waals surface area (Å²) in [6.45, 7) is 0.591. The lowest BCUT2D eigenvalue weighted by molar-refractivity contribution is -0.136. The Balaban J connectivity index is 0.000000187. The number of rotatable bonds is 10. The molecule has 3 amide bonds. The van der Waals surface area contributed by atoms with E-state index in [0.29, 0.717) is 46.8 Å². The number of hydrogen-bond donors (Lipinski definition) is 5. The molecule has 4 heterocycles. The van der Waals surface area contributed by atoms with E-state index in [0.717, 1.165) is 65.8 Å². The van der Waals surface area contributed by atoms with E-state index in [1.807, 2.05) is 0 Å². The van der Waals surface area contributed by atoms with Gasteiger partial charge in [0.15, 0.2) is 12.4 Å². The number of fused-ring (bicyclic) bond motifs is 2. The normalized spacial score (nSPS) is 16.1. The summed E-state index contributed by atoms with van der Waals surface area (Å²) < 4.78 is 47.5. The van der Waals surface area contributed by atoms with E-state index in [1.54, 1.807) is 9.36 Å². The molecule has 7 rings (SSSR count). The first-order chi connectivity index (χ1) is 28.4. The van der Waals surface area contributed by atoms with Crippen molar-refractivity contribution in [2.45, 2.75) is 56.5 Å². The fourth-order valence-electron chi connectivity index (χ4n) is 6.29. The average Bonchev–Trinajstić information content (AvgIpc) is 3.64. The lowest BCUT2D eigenvalue weighted by atomic mass is 9.93. The van der Waals surface area contributed by atoms with Gasteiger partial charge >= 0.3 is 24.4 Å². The first-order valence-electron chi connectivity index (χ1n) is 17.9. The Labute approximate surface area is 352 Å². The maximum Gasteiger partial charge on any atom is 0.339 e. The molecule has 0 radical (unpaired) electrons. The summed E-state index contributed by atoms with van der Waals surface area (Å²) in [5.74, 6) is -2.53. The van der Waals surface area contributed by atoms with E-state index in [4.69, 9.17) is 42.8 Å². The molecular weight excluding hydrogens is 877 g/mol. The molecule has 0 bridgehead atoms. The molecule has 5 N–H and O–H groups in total. The van der Waals surface area contributed by atoms with Crippen molar-refractivity contribution in [3.63, 3.8) is 0 Å². The molecule has 4 aliphatic rings. The molecule has 1 aliphatic carbocycles. The third-order valence-corrected chi connectivity index (χ3v) is 11.9. The number of benzene rings is 2. The molecule has 1 aromatic heterocycles. The van der Waals surface area contributed by atoms with Crippen LogP contribution in [0.1, 0.15) is 38.5 Å². The number of halogens is 3. The number of anilines is 2. The van der Waals surface area contributed by atoms with Crippen molar-refractivity contribution in [2.24, 2.45) is 4.99 Å². The molecule has 0 saturated heterocycles. The van der Waals surface area contributed by atoms with E-state index in [2.05, 4.69) is 16.2 Å². The number of ether oxygens (including phenoxy) is 1. The first kappa shape index (κ1) is 45.9. The highest BCUT2D eigenvalue weighted by molar-refractivity contribution is 8.00. The average molecular weight is 913 g/mol. The Morgan fingerprint density at radius 2 is 1.60 bits per heavy atom. The largest absolute Gasteiger partial charge is 0.481 e. The molecule has 320 valence electrons. The van der Waals surface area contributed by atoms with Gasteiger partial charge in [-0.25, -0.2) is 23.4 Å². The summed E-state index contributed by atoms with van der Waals surface area (Å²) in [6.07, 6.45) is 9.28. The maximum atomic E-state index is 14.7. The van der Waals surface area contributed by atoms with Gasteiger partial charge in [-0.1, -0.05) is 17.5 Å². The monoisotopic (exact) mass is 912 g/mol. The van der Waals surface area contributed by atoms with Gasteiger partial charge in [0.2, 0.25) is 4.80 Å². The Morgan fingerprint density at radius 1 is 0.950 bits per heavy atom. The fraction of sp³-hybridized carbons (Fsp3) is 0.361. The minimum atomic E-state index is -4.10. The minimum Gasteiger partial charge on any atom is -0.481 e. The van der Waals surface area contributed by atoms with E-state index >= 15 is 0 Å². The molecule has 0 unspecified atom stereocenters. The number of hydrogen-bond acceptors (Lipinski definition) is 12. The number of carbonyl (C=O) groups excluding carboxylic acids is 3. The summed E-state index contributed by atoms with van der Waals surface area (Å²) in [6, 6.07) is 4.89. The predicted molar refractivity (Wildman–Crippen MR) is 214 cm³/mol. The van der Waals surface area contributed by atoms with Crippen molar-refractivity contribution in [1.29, 1.82) is 0 Å². The van der Waals surface area contributed by atoms with Gasteiger partial charge in [-0.15, -0.1) is 18.2 Å². The summed E-state index contributed by atoms with van der Waals surface area (Å²) in [5, 5.41) is 19.0. The van der Waals surface area contributed by atoms with Crippen molar-refractivity contribution in [1.82, 2.24) is 14.7 Å². The zero-order chi connectivity index (χ0) is 43.9. The Kier molecular flexibility index (Phi) is 15.3. The van der Waals surface area contributed by atoms with Crippen LogP contribution in [0, 0.1) is 24.0 Å². The van der Waals surface area contributed by atoms with Gasteiger partial charge in [0.05, 0.1) is 41.5 Å². The van der Waals surface area contributed by atoms with Gasteiger partial charge < -0.3 is 24.7 Å². The van der Waals surface area contributed by atoms with Crippen molar-refractivity contribution < 1.29 is 62.1 Å². The van der Waals surface area contributed by atoms with E-state index in [9.17, 15) is 42.1 Å². The molecule has 0 saturated carbocycles. The molecule has 2 aromatic carbocycles. The highest BCUT2D eigenvalue weighted by Crippen LogP contribution is 2.42. The molecule has 18 nitrogen and oxygen atoms in total. The van der Waals surface area contributed by atoms with Gasteiger partial charge in [0.1, 0.15) is 17.3 Å². The third kappa shape index (κ3) is 11.2. The predicted octanol–water partition coefficient (Wildman–Crippen LogP) is 3.43. The zero-order valence-electron chi connectivity index (χ0n) is 31.3. The van der Waals surface area contributed by atoms with Crippen LogP contribution in [0.2, 0.25) is 5.02 Å². The van der Waals surface area contributed by atoms with Crippen LogP contribution in [-0.4, -0.2) is 90.8 Å². The summed E-state index contributed by atoms with van der Waals surface area (Å²) in [4.78, 5) is 93.4. The number of amides is 3. The number of aromatic nitrogens is 2. The molecule has 3 aromatic rings. The number of nitrogens with zero attached hydrogens (tertiary/aromatic N) is 5. The SMILES string of the molecule is C#CCN1C(=O)COc2cc(F)c(N3C(=O)C4=C(CCCC4)C3=O)cc21.O=C(O)CNCP(=O)(O)O.O=C(O)CSc1cc(N=c2sc(=O)n3n2CCCC3)c(F)cc1Cl. The highest BCUT2D eigenvalue weighted by atomic mass is 35.5. The number of imide groups is 1. The molecule has 0 fully saturated rings. The number of thioether (sulfide) groups is 1. The van der Waals surface area contributed by atoms with E-state index in [1.165, 1.54) is 17.0 Å². The van der Waals surface area contributed by atoms with E-state index in [-0.39, 0.29) is 57.5 Å². The molecule has 0 atom stereocenters. The number of aliphatic carboxylic acids is 2. The van der Waals surface area contributed by atoms with Crippen LogP contribution >= 0.6 is 42.3 Å². The smallest absolute Gasteiger partial charge is 0.339 e. The van der Waals surface area contributed by atoms with Crippen LogP contribution in [-0.2, 0) is 41.6 Å². The summed E-state index contributed by atoms with van der Waals surface area (Å²) in [7, 11) is -4.10. The Bertz CT molecular complexity index is 2470. The standard InChI is InChI=1S/C19H15FN2O4.C14H13ClFN3O3S2.C3H8NO5P/c1-2-7-21-15-9-14(13(20)8-16(15)26-10-17(21)23)22-18(24)11-5-3-4-6-12(11)19(22)25;15-8-5-9(16)10(6-11(8)23-7-12(20)21)17-13-18-3-1-2-4-19(18)14(22)24-13;5-3(6)1-4-2-10(7,8)9/h1,8-9H,3-7,10H2;5-6H,1-4,7H2,(H,20,21);4H,1-2H2,(H,5,6)(H2,7,8,9). The van der Waals surface area contributed by atoms with Crippen LogP contribution < -0.4 is 29.5 Å². The molecule has 24 heteroatoms. The second kappa shape index (κ2) is 19.9. The molecule has 3 aliphatic heterocycles. The van der Waals surface area contributed by atoms with Gasteiger partial charge in [-0.3, -0.25) is 48.2 Å². The number of carboxylic acids is 2. The second-order valence-corrected chi connectivity index (χ2v) is 17.1. The van der Waals surface area contributed by atoms with Crippen LogP contribution in [0.25, 0.3) is 0 Å². The summed E-state index contributed by atoms with van der Waals surface area (Å²) in [5.41, 5.74) is 1.03. The topological polar surface area (TPSA) is 250 Å². The number of nitrogens with one attached hydrogen (secondary N) is 1. The van der Waals surface area contributed by atoms with Crippen LogP contribution in [0.3, 0.4) is 0 Å². The number of carboxylic acid groups (broad SMARTS) is 2. The van der Waals surface area contributed by atoms with Crippen LogP contribution in [0.15, 0.2) is 50.1 Å². The summed E-state index contributed by atoms with van der Waals surface area (Å²) >= 11 is 7.91. The fourth-order valence-corrected chi connectivity index (χ4v) is 8.57. The van der Waals surface area contributed by atoms with Gasteiger partial charge in [-0.05, 0) is 68.1 Å². The Morgan fingerprint density at radius 3 is 2.20 bits per heavy atom. The second-order valence-electron chi connectivity index (χ2n) is 13.1. The number of carbonyl (C=O) groups is 5. The van der Waals surface area contributed by atoms with E-state index < -0.39 is 55.8 Å². The van der Waals surface area contributed by atoms with Crippen molar-refractivity contribution in [3.05, 3.63) is 66.5 Å². The zero-order valence-corrected chi connectivity index (χ0v) is 34.6. The molecular formula is C36H36ClF2N6O12PS2. The molecule has 0 spiro atoms. The quantitative estimate of drug-likeness (QED) is 0.0847. The minimum absolute atomic E-state index is 0.0170. The lowest BCUT2D eigenvalue weighted by Crippen LogP contribution is -2.39. The van der Waals surface area contributed by atoms with Crippen LogP contribution in [0.5, 0.6) is 5.75 Å². The Hall–Kier alpha value is -5.14. The van der Waals surface area contributed by atoms with Gasteiger partial charge in [-0.2, -0.15) is 0 Å². The van der Waals surface area contributed by atoms with Crippen molar-refractivity contribution in [3.8, 4) is 18.1 Å². The van der Waals surface area contributed by atoms with Crippen molar-refractivity contribution in [2.75, 3.05) is 41.5 Å². The van der Waals surface area contributed by atoms with Crippen molar-refractivity contribution >= 4 is 89.0 Å². The van der Waals surface area contributed by atoms with Gasteiger partial charge in [0.25, 0.3) is 17.7 Å². The highest BCUT2D eigenvalue weighted by Gasteiger charge is 2.41. The van der Waals surface area contributed by atoms with Crippen LogP contribution in [0.4, 0.5) is 25.8 Å². The number of terminal acetylenes is 1. The molecule has 60 heavy (non-hydrogen) atoms. The maximum absolute atomic E-state index is 14.7. The third-order valence-electron chi connectivity index (χ3n) is 8.91. The lowest BCUT2D eigenvalue weighted by Gasteiger charge is -2.29. The first-order valence-corrected chi connectivity index (χ1v) is 21.8.